The second-order valence-corrected chi connectivity index (χ2v) is 5.34. The highest BCUT2D eigenvalue weighted by atomic mass is 19.2. The zero-order valence-corrected chi connectivity index (χ0v) is 11.6. The minimum atomic E-state index is -0.908. The van der Waals surface area contributed by atoms with Gasteiger partial charge in [-0.05, 0) is 43.2 Å². The molecule has 1 amide bonds. The quantitative estimate of drug-likeness (QED) is 0.823. The highest BCUT2D eigenvalue weighted by Gasteiger charge is 2.33. The Morgan fingerprint density at radius 2 is 1.76 bits per heavy atom. The Balaban J connectivity index is 1.86. The van der Waals surface area contributed by atoms with Crippen molar-refractivity contribution in [3.05, 3.63) is 65.2 Å². The van der Waals surface area contributed by atoms with E-state index in [9.17, 15) is 13.6 Å². The predicted molar refractivity (Wildman–Crippen MR) is 77.2 cm³/mol. The zero-order chi connectivity index (χ0) is 15.0. The van der Waals surface area contributed by atoms with Crippen molar-refractivity contribution in [1.29, 1.82) is 0 Å². The molecule has 2 aromatic rings. The van der Waals surface area contributed by atoms with Gasteiger partial charge in [0.1, 0.15) is 0 Å². The number of carbonyl (C=O) groups excluding carboxylic acids is 1. The molecule has 2 aromatic carbocycles. The molecule has 0 spiro atoms. The lowest BCUT2D eigenvalue weighted by molar-refractivity contribution is -0.118. The van der Waals surface area contributed by atoms with Crippen molar-refractivity contribution >= 4 is 11.6 Å². The van der Waals surface area contributed by atoms with Gasteiger partial charge in [-0.15, -0.1) is 0 Å². The van der Waals surface area contributed by atoms with Gasteiger partial charge >= 0.3 is 0 Å². The fourth-order valence-corrected chi connectivity index (χ4v) is 2.70. The van der Waals surface area contributed by atoms with E-state index in [1.807, 2.05) is 31.2 Å². The van der Waals surface area contributed by atoms with E-state index in [1.54, 1.807) is 4.90 Å². The van der Waals surface area contributed by atoms with Gasteiger partial charge < -0.3 is 4.90 Å². The zero-order valence-electron chi connectivity index (χ0n) is 11.6. The van der Waals surface area contributed by atoms with Gasteiger partial charge in [0.25, 0.3) is 0 Å². The first-order valence-corrected chi connectivity index (χ1v) is 6.89. The maximum Gasteiger partial charge on any atom is 0.234 e. The number of anilines is 1. The monoisotopic (exact) mass is 287 g/mol. The molecule has 1 atom stereocenters. The minimum absolute atomic E-state index is 0.0649. The van der Waals surface area contributed by atoms with Gasteiger partial charge in [-0.3, -0.25) is 4.79 Å². The summed E-state index contributed by atoms with van der Waals surface area (Å²) in [6.45, 7) is 2.57. The van der Waals surface area contributed by atoms with Crippen molar-refractivity contribution in [2.45, 2.75) is 19.3 Å². The first kappa shape index (κ1) is 13.7. The Morgan fingerprint density at radius 3 is 2.43 bits per heavy atom. The fraction of sp³-hybridized carbons (Fsp3) is 0.235. The van der Waals surface area contributed by atoms with Crippen LogP contribution in [0.4, 0.5) is 14.5 Å². The van der Waals surface area contributed by atoms with Crippen LogP contribution in [0.3, 0.4) is 0 Å². The summed E-state index contributed by atoms with van der Waals surface area (Å²) in [6.07, 6.45) is 0.609. The summed E-state index contributed by atoms with van der Waals surface area (Å²) in [4.78, 5) is 14.2. The molecule has 0 radical (unpaired) electrons. The van der Waals surface area contributed by atoms with E-state index in [2.05, 4.69) is 0 Å². The molecule has 4 heteroatoms. The maximum atomic E-state index is 13.3. The molecule has 108 valence electrons. The van der Waals surface area contributed by atoms with E-state index in [0.29, 0.717) is 18.5 Å². The molecule has 0 saturated carbocycles. The first-order chi connectivity index (χ1) is 10.1. The molecule has 1 aliphatic heterocycles. The molecule has 1 unspecified atom stereocenters. The van der Waals surface area contributed by atoms with Crippen molar-refractivity contribution in [3.8, 4) is 0 Å². The van der Waals surface area contributed by atoms with Gasteiger partial charge in [0.05, 0.1) is 5.92 Å². The predicted octanol–water partition coefficient (Wildman–Crippen LogP) is 3.79. The maximum absolute atomic E-state index is 13.3. The highest BCUT2D eigenvalue weighted by molar-refractivity contribution is 6.00. The molecule has 0 bridgehead atoms. The lowest BCUT2D eigenvalue weighted by Crippen LogP contribution is -2.26. The molecule has 1 fully saturated rings. The molecule has 1 saturated heterocycles. The van der Waals surface area contributed by atoms with Crippen LogP contribution in [0.15, 0.2) is 42.5 Å². The Hall–Kier alpha value is -2.23. The molecule has 1 heterocycles. The largest absolute Gasteiger partial charge is 0.312 e. The van der Waals surface area contributed by atoms with E-state index in [1.165, 1.54) is 6.07 Å². The molecule has 0 N–H and O–H groups in total. The number of aryl methyl sites for hydroxylation is 1. The normalized spacial score (nSPS) is 18.3. The van der Waals surface area contributed by atoms with Gasteiger partial charge in [0.2, 0.25) is 5.91 Å². The molecule has 21 heavy (non-hydrogen) atoms. The average Bonchev–Trinajstić information content (AvgIpc) is 2.85. The number of amides is 1. The number of hydrogen-bond donors (Lipinski definition) is 0. The number of hydrogen-bond acceptors (Lipinski definition) is 1. The third kappa shape index (κ3) is 2.53. The summed E-state index contributed by atoms with van der Waals surface area (Å²) in [5.41, 5.74) is 2.51. The van der Waals surface area contributed by atoms with Crippen LogP contribution in [0.5, 0.6) is 0 Å². The van der Waals surface area contributed by atoms with E-state index in [4.69, 9.17) is 0 Å². The Kier molecular flexibility index (Phi) is 3.45. The molecule has 0 aromatic heterocycles. The van der Waals surface area contributed by atoms with Crippen LogP contribution in [0, 0.1) is 18.6 Å². The molecule has 0 aliphatic carbocycles. The summed E-state index contributed by atoms with van der Waals surface area (Å²) in [5, 5.41) is 0. The second-order valence-electron chi connectivity index (χ2n) is 5.34. The summed E-state index contributed by atoms with van der Waals surface area (Å²) < 4.78 is 26.3. The smallest absolute Gasteiger partial charge is 0.234 e. The average molecular weight is 287 g/mol. The lowest BCUT2D eigenvalue weighted by Gasteiger charge is -2.17. The van der Waals surface area contributed by atoms with Crippen molar-refractivity contribution in [3.63, 3.8) is 0 Å². The molecular formula is C17H15F2NO. The van der Waals surface area contributed by atoms with Crippen LogP contribution in [-0.2, 0) is 4.79 Å². The van der Waals surface area contributed by atoms with E-state index in [-0.39, 0.29) is 5.91 Å². The van der Waals surface area contributed by atoms with Gasteiger partial charge in [0, 0.05) is 12.2 Å². The number of carbonyl (C=O) groups is 1. The van der Waals surface area contributed by atoms with Crippen molar-refractivity contribution < 1.29 is 13.6 Å². The Bertz CT molecular complexity index is 682. The number of rotatable bonds is 2. The second kappa shape index (κ2) is 5.28. The Labute approximate surface area is 122 Å². The summed E-state index contributed by atoms with van der Waals surface area (Å²) >= 11 is 0. The number of benzene rings is 2. The first-order valence-electron chi connectivity index (χ1n) is 6.89. The van der Waals surface area contributed by atoms with Crippen LogP contribution in [0.1, 0.15) is 23.5 Å². The van der Waals surface area contributed by atoms with Crippen LogP contribution in [-0.4, -0.2) is 12.5 Å². The van der Waals surface area contributed by atoms with Crippen molar-refractivity contribution in [1.82, 2.24) is 0 Å². The van der Waals surface area contributed by atoms with Crippen molar-refractivity contribution in [2.24, 2.45) is 0 Å². The third-order valence-corrected chi connectivity index (χ3v) is 3.90. The van der Waals surface area contributed by atoms with Crippen LogP contribution < -0.4 is 4.90 Å². The molecule has 2 nitrogen and oxygen atoms in total. The molecular weight excluding hydrogens is 272 g/mol. The fourth-order valence-electron chi connectivity index (χ4n) is 2.70. The van der Waals surface area contributed by atoms with Gasteiger partial charge in [-0.1, -0.05) is 23.8 Å². The van der Waals surface area contributed by atoms with E-state index in [0.717, 1.165) is 23.4 Å². The topological polar surface area (TPSA) is 20.3 Å². The van der Waals surface area contributed by atoms with Crippen LogP contribution >= 0.6 is 0 Å². The standard InChI is InChI=1S/C17H15F2NO/c1-11-2-5-13(6-3-11)20-9-8-14(17(20)21)12-4-7-15(18)16(19)10-12/h2-7,10,14H,8-9H2,1H3. The van der Waals surface area contributed by atoms with Gasteiger partial charge in [-0.2, -0.15) is 0 Å². The van der Waals surface area contributed by atoms with Crippen LogP contribution in [0.2, 0.25) is 0 Å². The SMILES string of the molecule is Cc1ccc(N2CCC(c3ccc(F)c(F)c3)C2=O)cc1. The number of halogens is 2. The lowest BCUT2D eigenvalue weighted by atomic mass is 9.97. The van der Waals surface area contributed by atoms with Crippen LogP contribution in [0.25, 0.3) is 0 Å². The van der Waals surface area contributed by atoms with Gasteiger partial charge in [0.15, 0.2) is 11.6 Å². The van der Waals surface area contributed by atoms with E-state index < -0.39 is 17.6 Å². The Morgan fingerprint density at radius 1 is 1.05 bits per heavy atom. The summed E-state index contributed by atoms with van der Waals surface area (Å²) in [6, 6.07) is 11.4. The number of nitrogens with zero attached hydrogens (tertiary/aromatic N) is 1. The van der Waals surface area contributed by atoms with Gasteiger partial charge in [-0.25, -0.2) is 8.78 Å². The minimum Gasteiger partial charge on any atom is -0.312 e. The summed E-state index contributed by atoms with van der Waals surface area (Å²) in [7, 11) is 0. The molecule has 1 aliphatic rings. The third-order valence-electron chi connectivity index (χ3n) is 3.90. The van der Waals surface area contributed by atoms with E-state index >= 15 is 0 Å². The highest BCUT2D eigenvalue weighted by Crippen LogP contribution is 2.32. The van der Waals surface area contributed by atoms with Crippen molar-refractivity contribution in [2.75, 3.05) is 11.4 Å². The molecule has 3 rings (SSSR count). The summed E-state index contributed by atoms with van der Waals surface area (Å²) in [5.74, 6) is -2.26.